The lowest BCUT2D eigenvalue weighted by Gasteiger charge is -2.16. The van der Waals surface area contributed by atoms with E-state index in [4.69, 9.17) is 23.2 Å². The van der Waals surface area contributed by atoms with Gasteiger partial charge in [-0.25, -0.2) is 17.5 Å². The normalized spacial score (nSPS) is 13.1. The molecule has 26 heavy (non-hydrogen) atoms. The van der Waals surface area contributed by atoms with Gasteiger partial charge >= 0.3 is 0 Å². The molecule has 3 rings (SSSR count). The summed E-state index contributed by atoms with van der Waals surface area (Å²) in [6, 6.07) is 14.6. The first-order valence-corrected chi connectivity index (χ1v) is 9.83. The Morgan fingerprint density at radius 1 is 1.04 bits per heavy atom. The zero-order valence-corrected chi connectivity index (χ0v) is 15.6. The first-order valence-electron chi connectivity index (χ1n) is 7.59. The minimum Gasteiger partial charge on any atom is -0.387 e. The minimum atomic E-state index is -4.14. The Morgan fingerprint density at radius 2 is 1.65 bits per heavy atom. The monoisotopic (exact) mass is 413 g/mol. The molecule has 0 saturated heterocycles. The highest BCUT2D eigenvalue weighted by atomic mass is 35.5. The number of aliphatic hydroxyl groups is 1. The molecule has 0 aromatic heterocycles. The van der Waals surface area contributed by atoms with Crippen LogP contribution in [0, 0.1) is 5.82 Å². The number of aliphatic hydroxyl groups excluding tert-OH is 1. The second-order valence-electron chi connectivity index (χ2n) is 5.63. The SMILES string of the molecule is O=S(=O)(NCC(O)c1cccc2ccccc12)c1c(Cl)cc(F)cc1Cl. The molecule has 8 heteroatoms. The average Bonchev–Trinajstić information content (AvgIpc) is 2.58. The van der Waals surface area contributed by atoms with E-state index in [1.54, 1.807) is 12.1 Å². The van der Waals surface area contributed by atoms with Crippen molar-refractivity contribution in [1.82, 2.24) is 4.72 Å². The van der Waals surface area contributed by atoms with Crippen LogP contribution in [0.3, 0.4) is 0 Å². The fraction of sp³-hybridized carbons (Fsp3) is 0.111. The predicted molar refractivity (Wildman–Crippen MR) is 101 cm³/mol. The second kappa shape index (κ2) is 7.50. The van der Waals surface area contributed by atoms with E-state index in [1.807, 2.05) is 30.3 Å². The van der Waals surface area contributed by atoms with Crippen molar-refractivity contribution in [1.29, 1.82) is 0 Å². The maximum absolute atomic E-state index is 13.3. The van der Waals surface area contributed by atoms with E-state index in [9.17, 15) is 17.9 Å². The summed E-state index contributed by atoms with van der Waals surface area (Å²) in [7, 11) is -4.14. The van der Waals surface area contributed by atoms with Gasteiger partial charge in [0.1, 0.15) is 10.7 Å². The Morgan fingerprint density at radius 3 is 2.35 bits per heavy atom. The molecule has 0 fully saturated rings. The second-order valence-corrected chi connectivity index (χ2v) is 8.15. The van der Waals surface area contributed by atoms with Gasteiger partial charge in [-0.3, -0.25) is 0 Å². The third-order valence-electron chi connectivity index (χ3n) is 3.88. The summed E-state index contributed by atoms with van der Waals surface area (Å²) < 4.78 is 40.5. The highest BCUT2D eigenvalue weighted by Gasteiger charge is 2.24. The molecule has 0 aliphatic heterocycles. The number of hydrogen-bond donors (Lipinski definition) is 2. The zero-order chi connectivity index (χ0) is 18.9. The average molecular weight is 414 g/mol. The van der Waals surface area contributed by atoms with Crippen LogP contribution in [-0.2, 0) is 10.0 Å². The van der Waals surface area contributed by atoms with Crippen LogP contribution >= 0.6 is 23.2 Å². The molecule has 2 N–H and O–H groups in total. The van der Waals surface area contributed by atoms with Crippen LogP contribution in [0.4, 0.5) is 4.39 Å². The molecule has 136 valence electrons. The maximum atomic E-state index is 13.3. The quantitative estimate of drug-likeness (QED) is 0.655. The first kappa shape index (κ1) is 19.1. The van der Waals surface area contributed by atoms with Gasteiger partial charge in [-0.2, -0.15) is 0 Å². The molecule has 0 spiro atoms. The lowest BCUT2D eigenvalue weighted by atomic mass is 10.0. The van der Waals surface area contributed by atoms with Crippen molar-refractivity contribution in [3.05, 3.63) is 76.0 Å². The van der Waals surface area contributed by atoms with Crippen molar-refractivity contribution >= 4 is 44.0 Å². The van der Waals surface area contributed by atoms with E-state index in [0.717, 1.165) is 22.9 Å². The summed E-state index contributed by atoms with van der Waals surface area (Å²) in [5.74, 6) is -0.741. The number of halogens is 3. The summed E-state index contributed by atoms with van der Waals surface area (Å²) in [6.07, 6.45) is -1.09. The molecular weight excluding hydrogens is 400 g/mol. The molecule has 0 saturated carbocycles. The number of hydrogen-bond acceptors (Lipinski definition) is 3. The van der Waals surface area contributed by atoms with Crippen molar-refractivity contribution in [3.8, 4) is 0 Å². The van der Waals surface area contributed by atoms with Gasteiger partial charge in [0.05, 0.1) is 16.1 Å². The zero-order valence-electron chi connectivity index (χ0n) is 13.3. The first-order chi connectivity index (χ1) is 12.3. The van der Waals surface area contributed by atoms with Gasteiger partial charge in [0.2, 0.25) is 10.0 Å². The van der Waals surface area contributed by atoms with Gasteiger partial charge in [0.25, 0.3) is 0 Å². The molecule has 1 atom stereocenters. The Bertz CT molecular complexity index is 1040. The van der Waals surface area contributed by atoms with Crippen LogP contribution in [0.2, 0.25) is 10.0 Å². The molecule has 0 heterocycles. The molecule has 3 aromatic carbocycles. The highest BCUT2D eigenvalue weighted by molar-refractivity contribution is 7.89. The number of nitrogens with one attached hydrogen (secondary N) is 1. The van der Waals surface area contributed by atoms with Crippen LogP contribution in [0.5, 0.6) is 0 Å². The molecule has 1 unspecified atom stereocenters. The molecule has 3 aromatic rings. The van der Waals surface area contributed by atoms with E-state index in [2.05, 4.69) is 4.72 Å². The van der Waals surface area contributed by atoms with E-state index in [0.29, 0.717) is 5.56 Å². The number of fused-ring (bicyclic) bond motifs is 1. The van der Waals surface area contributed by atoms with E-state index < -0.39 is 26.8 Å². The molecule has 4 nitrogen and oxygen atoms in total. The van der Waals surface area contributed by atoms with Crippen LogP contribution in [0.25, 0.3) is 10.8 Å². The van der Waals surface area contributed by atoms with Crippen molar-refractivity contribution in [3.63, 3.8) is 0 Å². The molecule has 0 bridgehead atoms. The summed E-state index contributed by atoms with van der Waals surface area (Å²) in [5.41, 5.74) is 0.585. The van der Waals surface area contributed by atoms with Gasteiger partial charge < -0.3 is 5.11 Å². The summed E-state index contributed by atoms with van der Waals surface area (Å²) in [5, 5.41) is 11.5. The third kappa shape index (κ3) is 3.84. The summed E-state index contributed by atoms with van der Waals surface area (Å²) in [6.45, 7) is -0.291. The van der Waals surface area contributed by atoms with E-state index in [1.165, 1.54) is 0 Å². The lowest BCUT2D eigenvalue weighted by Crippen LogP contribution is -2.29. The summed E-state index contributed by atoms with van der Waals surface area (Å²) in [4.78, 5) is -0.424. The van der Waals surface area contributed by atoms with E-state index in [-0.39, 0.29) is 16.6 Å². The Kier molecular flexibility index (Phi) is 5.50. The standard InChI is InChI=1S/C18H14Cl2FNO3S/c19-15-8-12(21)9-16(20)18(15)26(24,25)22-10-17(23)14-7-3-5-11-4-1-2-6-13(11)14/h1-9,17,22-23H,10H2. The molecule has 0 amide bonds. The van der Waals surface area contributed by atoms with Gasteiger partial charge in [-0.15, -0.1) is 0 Å². The van der Waals surface area contributed by atoms with Crippen molar-refractivity contribution in [2.24, 2.45) is 0 Å². The smallest absolute Gasteiger partial charge is 0.243 e. The van der Waals surface area contributed by atoms with Gasteiger partial charge in [0, 0.05) is 6.54 Å². The fourth-order valence-corrected chi connectivity index (χ4v) is 4.92. The lowest BCUT2D eigenvalue weighted by molar-refractivity contribution is 0.183. The van der Waals surface area contributed by atoms with Crippen molar-refractivity contribution < 1.29 is 17.9 Å². The fourth-order valence-electron chi connectivity index (χ4n) is 2.70. The molecule has 0 aliphatic carbocycles. The largest absolute Gasteiger partial charge is 0.387 e. The van der Waals surface area contributed by atoms with Crippen LogP contribution in [-0.4, -0.2) is 20.1 Å². The van der Waals surface area contributed by atoms with Gasteiger partial charge in [-0.1, -0.05) is 65.7 Å². The third-order valence-corrected chi connectivity index (χ3v) is 6.23. The highest BCUT2D eigenvalue weighted by Crippen LogP contribution is 2.31. The Hall–Kier alpha value is -1.70. The maximum Gasteiger partial charge on any atom is 0.243 e. The minimum absolute atomic E-state index is 0.291. The van der Waals surface area contributed by atoms with Gasteiger partial charge in [-0.05, 0) is 28.5 Å². The number of benzene rings is 3. The number of rotatable bonds is 5. The predicted octanol–water partition coefficient (Wildman–Crippen LogP) is 4.30. The molecule has 0 aliphatic rings. The van der Waals surface area contributed by atoms with Crippen LogP contribution in [0.15, 0.2) is 59.5 Å². The number of sulfonamides is 1. The van der Waals surface area contributed by atoms with Gasteiger partial charge in [0.15, 0.2) is 0 Å². The Labute approximate surface area is 160 Å². The summed E-state index contributed by atoms with van der Waals surface area (Å²) >= 11 is 11.6. The van der Waals surface area contributed by atoms with E-state index >= 15 is 0 Å². The van der Waals surface area contributed by atoms with Crippen LogP contribution < -0.4 is 4.72 Å². The van der Waals surface area contributed by atoms with Crippen LogP contribution in [0.1, 0.15) is 11.7 Å². The van der Waals surface area contributed by atoms with Crippen molar-refractivity contribution in [2.45, 2.75) is 11.0 Å². The topological polar surface area (TPSA) is 66.4 Å². The Balaban J connectivity index is 1.86. The van der Waals surface area contributed by atoms with Crippen molar-refractivity contribution in [2.75, 3.05) is 6.54 Å². The molecule has 0 radical (unpaired) electrons. The molecular formula is C18H14Cl2FNO3S.